The summed E-state index contributed by atoms with van der Waals surface area (Å²) in [7, 11) is 1.65. The molecule has 0 spiro atoms. The van der Waals surface area contributed by atoms with Crippen LogP contribution in [0.5, 0.6) is 0 Å². The number of amides is 1. The summed E-state index contributed by atoms with van der Waals surface area (Å²) in [6, 6.07) is 6.44. The van der Waals surface area contributed by atoms with Crippen LogP contribution in [0.2, 0.25) is 0 Å². The first kappa shape index (κ1) is 14.0. The quantitative estimate of drug-likeness (QED) is 0.908. The van der Waals surface area contributed by atoms with E-state index in [2.05, 4.69) is 0 Å². The zero-order valence-corrected chi connectivity index (χ0v) is 11.2. The van der Waals surface area contributed by atoms with Crippen LogP contribution in [0.1, 0.15) is 37.7 Å². The van der Waals surface area contributed by atoms with Gasteiger partial charge in [-0.3, -0.25) is 4.79 Å². The van der Waals surface area contributed by atoms with Crippen molar-refractivity contribution in [2.24, 2.45) is 0 Å². The van der Waals surface area contributed by atoms with E-state index in [1.54, 1.807) is 25.2 Å². The van der Waals surface area contributed by atoms with E-state index in [-0.39, 0.29) is 24.7 Å². The zero-order valence-electron chi connectivity index (χ0n) is 11.2. The smallest absolute Gasteiger partial charge is 0.225 e. The summed E-state index contributed by atoms with van der Waals surface area (Å²) >= 11 is 0. The molecule has 4 heteroatoms. The molecule has 0 bridgehead atoms. The minimum absolute atomic E-state index is 0.132. The molecule has 1 aliphatic rings. The average Bonchev–Trinajstić information content (AvgIpc) is 2.78. The van der Waals surface area contributed by atoms with Crippen molar-refractivity contribution in [3.8, 4) is 0 Å². The van der Waals surface area contributed by atoms with E-state index in [9.17, 15) is 14.3 Å². The standard InChI is InChI=1S/C15H20FNO2/c1-17(11-12-6-2-3-7-13(12)16)14(18)10-15(19)8-4-5-9-15/h2-3,6-7,19H,4-5,8-11H2,1H3. The van der Waals surface area contributed by atoms with Gasteiger partial charge >= 0.3 is 0 Å². The summed E-state index contributed by atoms with van der Waals surface area (Å²) < 4.78 is 13.5. The lowest BCUT2D eigenvalue weighted by Gasteiger charge is -2.25. The van der Waals surface area contributed by atoms with Crippen molar-refractivity contribution in [3.05, 3.63) is 35.6 Å². The number of carbonyl (C=O) groups is 1. The van der Waals surface area contributed by atoms with Crippen LogP contribution >= 0.6 is 0 Å². The minimum atomic E-state index is -0.847. The molecular formula is C15H20FNO2. The lowest BCUT2D eigenvalue weighted by molar-refractivity contribution is -0.135. The molecule has 0 heterocycles. The third kappa shape index (κ3) is 3.53. The molecule has 1 aromatic carbocycles. The highest BCUT2D eigenvalue weighted by Gasteiger charge is 2.34. The van der Waals surface area contributed by atoms with E-state index in [0.717, 1.165) is 12.8 Å². The van der Waals surface area contributed by atoms with Crippen molar-refractivity contribution in [1.82, 2.24) is 4.90 Å². The molecule has 1 aromatic rings. The Morgan fingerprint density at radius 1 is 1.37 bits per heavy atom. The molecule has 1 fully saturated rings. The third-order valence-electron chi connectivity index (χ3n) is 3.81. The molecule has 0 atom stereocenters. The van der Waals surface area contributed by atoms with Gasteiger partial charge in [0.2, 0.25) is 5.91 Å². The number of carbonyl (C=O) groups excluding carboxylic acids is 1. The van der Waals surface area contributed by atoms with E-state index in [1.165, 1.54) is 11.0 Å². The Hall–Kier alpha value is -1.42. The van der Waals surface area contributed by atoms with Crippen molar-refractivity contribution in [2.45, 2.75) is 44.2 Å². The molecule has 1 amide bonds. The van der Waals surface area contributed by atoms with Gasteiger partial charge in [0.1, 0.15) is 5.82 Å². The maximum absolute atomic E-state index is 13.5. The molecule has 1 saturated carbocycles. The molecule has 1 aliphatic carbocycles. The summed E-state index contributed by atoms with van der Waals surface area (Å²) in [6.45, 7) is 0.238. The molecule has 104 valence electrons. The molecule has 3 nitrogen and oxygen atoms in total. The van der Waals surface area contributed by atoms with Crippen LogP contribution in [0.4, 0.5) is 4.39 Å². The summed E-state index contributed by atoms with van der Waals surface area (Å²) in [4.78, 5) is 13.5. The molecule has 0 aliphatic heterocycles. The van der Waals surface area contributed by atoms with Gasteiger partial charge < -0.3 is 10.0 Å². The van der Waals surface area contributed by atoms with Crippen LogP contribution in [-0.2, 0) is 11.3 Å². The highest BCUT2D eigenvalue weighted by Crippen LogP contribution is 2.32. The fourth-order valence-electron chi connectivity index (χ4n) is 2.60. The Morgan fingerprint density at radius 3 is 2.63 bits per heavy atom. The van der Waals surface area contributed by atoms with E-state index in [4.69, 9.17) is 0 Å². The van der Waals surface area contributed by atoms with Gasteiger partial charge in [-0.05, 0) is 18.9 Å². The molecule has 0 saturated heterocycles. The van der Waals surface area contributed by atoms with Crippen LogP contribution in [0.25, 0.3) is 0 Å². The van der Waals surface area contributed by atoms with E-state index >= 15 is 0 Å². The first-order valence-electron chi connectivity index (χ1n) is 6.70. The number of rotatable bonds is 4. The molecule has 2 rings (SSSR count). The molecule has 19 heavy (non-hydrogen) atoms. The monoisotopic (exact) mass is 265 g/mol. The van der Waals surface area contributed by atoms with E-state index < -0.39 is 5.60 Å². The Kier molecular flexibility index (Phi) is 4.20. The average molecular weight is 265 g/mol. The van der Waals surface area contributed by atoms with Crippen molar-refractivity contribution >= 4 is 5.91 Å². The van der Waals surface area contributed by atoms with Crippen LogP contribution in [-0.4, -0.2) is 28.6 Å². The highest BCUT2D eigenvalue weighted by atomic mass is 19.1. The first-order valence-corrected chi connectivity index (χ1v) is 6.70. The summed E-state index contributed by atoms with van der Waals surface area (Å²) in [6.07, 6.45) is 3.46. The predicted molar refractivity (Wildman–Crippen MR) is 70.9 cm³/mol. The number of hydrogen-bond donors (Lipinski definition) is 1. The minimum Gasteiger partial charge on any atom is -0.389 e. The number of halogens is 1. The second-order valence-electron chi connectivity index (χ2n) is 5.45. The van der Waals surface area contributed by atoms with E-state index in [0.29, 0.717) is 18.4 Å². The van der Waals surface area contributed by atoms with Crippen molar-refractivity contribution in [3.63, 3.8) is 0 Å². The largest absolute Gasteiger partial charge is 0.389 e. The van der Waals surface area contributed by atoms with E-state index in [1.807, 2.05) is 0 Å². The lowest BCUT2D eigenvalue weighted by Crippen LogP contribution is -2.35. The molecule has 0 aromatic heterocycles. The van der Waals surface area contributed by atoms with Gasteiger partial charge in [-0.15, -0.1) is 0 Å². The van der Waals surface area contributed by atoms with Crippen molar-refractivity contribution < 1.29 is 14.3 Å². The van der Waals surface area contributed by atoms with Gasteiger partial charge in [0.05, 0.1) is 12.0 Å². The SMILES string of the molecule is CN(Cc1ccccc1F)C(=O)CC1(O)CCCC1. The fourth-order valence-corrected chi connectivity index (χ4v) is 2.60. The normalized spacial score (nSPS) is 17.4. The Morgan fingerprint density at radius 2 is 2.00 bits per heavy atom. The molecule has 1 N–H and O–H groups in total. The van der Waals surface area contributed by atoms with Crippen LogP contribution < -0.4 is 0 Å². The fraction of sp³-hybridized carbons (Fsp3) is 0.533. The van der Waals surface area contributed by atoms with Gasteiger partial charge in [-0.25, -0.2) is 4.39 Å². The maximum atomic E-state index is 13.5. The second-order valence-corrected chi connectivity index (χ2v) is 5.45. The lowest BCUT2D eigenvalue weighted by atomic mass is 9.97. The van der Waals surface area contributed by atoms with Gasteiger partial charge in [-0.1, -0.05) is 31.0 Å². The molecule has 0 unspecified atom stereocenters. The maximum Gasteiger partial charge on any atom is 0.225 e. The Labute approximate surface area is 113 Å². The number of nitrogens with zero attached hydrogens (tertiary/aromatic N) is 1. The number of aliphatic hydroxyl groups is 1. The first-order chi connectivity index (χ1) is 9.00. The second kappa shape index (κ2) is 5.70. The van der Waals surface area contributed by atoms with Gasteiger partial charge in [0.25, 0.3) is 0 Å². The summed E-state index contributed by atoms with van der Waals surface area (Å²) in [5, 5.41) is 10.2. The topological polar surface area (TPSA) is 40.5 Å². The zero-order chi connectivity index (χ0) is 13.9. The Balaban J connectivity index is 1.94. The van der Waals surface area contributed by atoms with Crippen molar-refractivity contribution in [2.75, 3.05) is 7.05 Å². The van der Waals surface area contributed by atoms with Gasteiger partial charge in [0.15, 0.2) is 0 Å². The molecular weight excluding hydrogens is 245 g/mol. The van der Waals surface area contributed by atoms with Crippen molar-refractivity contribution in [1.29, 1.82) is 0 Å². The Bertz CT molecular complexity index is 455. The number of hydrogen-bond acceptors (Lipinski definition) is 2. The van der Waals surface area contributed by atoms with Crippen LogP contribution in [0, 0.1) is 5.82 Å². The summed E-state index contributed by atoms with van der Waals surface area (Å²) in [5.74, 6) is -0.436. The van der Waals surface area contributed by atoms with Crippen LogP contribution in [0.15, 0.2) is 24.3 Å². The van der Waals surface area contributed by atoms with Crippen LogP contribution in [0.3, 0.4) is 0 Å². The van der Waals surface area contributed by atoms with Gasteiger partial charge in [0, 0.05) is 19.2 Å². The molecule has 0 radical (unpaired) electrons. The third-order valence-corrected chi connectivity index (χ3v) is 3.81. The predicted octanol–water partition coefficient (Wildman–Crippen LogP) is 2.48. The van der Waals surface area contributed by atoms with Gasteiger partial charge in [-0.2, -0.15) is 0 Å². The summed E-state index contributed by atoms with van der Waals surface area (Å²) in [5.41, 5.74) is -0.350. The number of benzene rings is 1. The highest BCUT2D eigenvalue weighted by molar-refractivity contribution is 5.77.